The molecule has 0 aromatic carbocycles. The molecule has 0 aliphatic carbocycles. The molecule has 0 fully saturated rings. The molecule has 1 nitrogen and oxygen atoms in total. The van der Waals surface area contributed by atoms with Gasteiger partial charge in [-0.25, -0.2) is 0 Å². The van der Waals surface area contributed by atoms with Crippen molar-refractivity contribution < 1.29 is 22.5 Å². The first-order chi connectivity index (χ1) is 0. The van der Waals surface area contributed by atoms with Crippen molar-refractivity contribution in [2.75, 3.05) is 0 Å². The second-order valence-corrected chi connectivity index (χ2v) is 0. The van der Waals surface area contributed by atoms with Crippen molar-refractivity contribution >= 4 is 34.7 Å². The molecule has 0 aromatic rings. The van der Waals surface area contributed by atoms with E-state index in [0.29, 0.717) is 0 Å². The van der Waals surface area contributed by atoms with Gasteiger partial charge >= 0.3 is 0 Å². The molecule has 0 saturated heterocycles. The summed E-state index contributed by atoms with van der Waals surface area (Å²) in [6, 6.07) is 0. The standard InChI is InChI=1S/2Al.Fe.H2O.6H/h;;;1H2;;;;;;. The Morgan fingerprint density at radius 2 is 0.750 bits per heavy atom. The van der Waals surface area contributed by atoms with E-state index in [0.717, 1.165) is 0 Å². The summed E-state index contributed by atoms with van der Waals surface area (Å²) >= 11 is 0. The number of rotatable bonds is 0. The minimum Gasteiger partial charge on any atom is -0.412 e. The summed E-state index contributed by atoms with van der Waals surface area (Å²) in [7, 11) is 0. The molecule has 0 spiro atoms. The number of hydrogen-bond donors (Lipinski definition) is 0. The fraction of sp³-hybridized carbons (Fsp3) is 0. The van der Waals surface area contributed by atoms with E-state index in [4.69, 9.17) is 0 Å². The fourth-order valence-electron chi connectivity index (χ4n) is 0. The average molecular weight is 134 g/mol. The van der Waals surface area contributed by atoms with Crippen LogP contribution in [0.15, 0.2) is 0 Å². The van der Waals surface area contributed by atoms with Crippen molar-refractivity contribution in [3.05, 3.63) is 0 Å². The van der Waals surface area contributed by atoms with Gasteiger partial charge in [0, 0.05) is 17.1 Å². The summed E-state index contributed by atoms with van der Waals surface area (Å²) in [5.41, 5.74) is 0. The Balaban J connectivity index is 0. The topological polar surface area (TPSA) is 31.5 Å². The van der Waals surface area contributed by atoms with Crippen LogP contribution in [0.25, 0.3) is 0 Å². The smallest absolute Gasteiger partial charge is 0.187 e. The van der Waals surface area contributed by atoms with E-state index >= 15 is 0 Å². The van der Waals surface area contributed by atoms with Crippen LogP contribution in [0, 0.1) is 0 Å². The number of hydrogen-bond acceptors (Lipinski definition) is 0. The molecule has 0 atom stereocenters. The van der Waals surface area contributed by atoms with Crippen molar-refractivity contribution in [3.63, 3.8) is 0 Å². The van der Waals surface area contributed by atoms with Gasteiger partial charge < -0.3 is 5.48 Å². The van der Waals surface area contributed by atoms with Gasteiger partial charge in [0.05, 0.1) is 0 Å². The summed E-state index contributed by atoms with van der Waals surface area (Å²) in [5, 5.41) is 0. The molecule has 0 bridgehead atoms. The summed E-state index contributed by atoms with van der Waals surface area (Å²) in [6.07, 6.45) is 0. The van der Waals surface area contributed by atoms with Crippen LogP contribution in [0.1, 0.15) is 0 Å². The van der Waals surface area contributed by atoms with Crippen LogP contribution in [0.5, 0.6) is 0 Å². The van der Waals surface area contributed by atoms with Crippen LogP contribution in [0.2, 0.25) is 0 Å². The van der Waals surface area contributed by atoms with Crippen LogP contribution >= 0.6 is 0 Å². The summed E-state index contributed by atoms with van der Waals surface area (Å²) in [4.78, 5) is 0. The van der Waals surface area contributed by atoms with Crippen LogP contribution in [0.4, 0.5) is 0 Å². The molecule has 0 rings (SSSR count). The Morgan fingerprint density at radius 3 is 0.750 bits per heavy atom. The molecule has 0 heterocycles. The molecule has 4 heavy (non-hydrogen) atoms. The van der Waals surface area contributed by atoms with Gasteiger partial charge in [-0.05, 0) is 0 Å². The third-order valence-electron chi connectivity index (χ3n) is 0. The maximum atomic E-state index is 0. The molecule has 28 valence electrons. The molecule has 0 saturated carbocycles. The zero-order chi connectivity index (χ0) is 0. The minimum atomic E-state index is 0. The molecule has 0 radical (unpaired) electrons. The Morgan fingerprint density at radius 1 is 0.750 bits per heavy atom. The van der Waals surface area contributed by atoms with Crippen molar-refractivity contribution in [3.8, 4) is 0 Å². The Labute approximate surface area is 57.2 Å². The minimum absolute atomic E-state index is 0. The van der Waals surface area contributed by atoms with Gasteiger partial charge in [-0.3, -0.25) is 0 Å². The maximum Gasteiger partial charge on any atom is 0.187 e. The Bertz CT molecular complexity index is 6.00. The van der Waals surface area contributed by atoms with E-state index in [1.54, 1.807) is 0 Å². The molecule has 2 N–H and O–H groups in total. The predicted molar refractivity (Wildman–Crippen MR) is 23.5 cm³/mol. The molecular formula is H8Al2FeO. The van der Waals surface area contributed by atoms with Gasteiger partial charge in [-0.1, -0.05) is 0 Å². The van der Waals surface area contributed by atoms with Gasteiger partial charge in [-0.2, -0.15) is 0 Å². The van der Waals surface area contributed by atoms with Crippen LogP contribution in [0.3, 0.4) is 0 Å². The monoisotopic (exact) mass is 134 g/mol. The van der Waals surface area contributed by atoms with Crippen molar-refractivity contribution in [1.29, 1.82) is 0 Å². The van der Waals surface area contributed by atoms with E-state index < -0.39 is 0 Å². The molecular weight excluding hydrogens is 126 g/mol. The van der Waals surface area contributed by atoms with E-state index in [1.165, 1.54) is 0 Å². The second kappa shape index (κ2) is 23.9. The summed E-state index contributed by atoms with van der Waals surface area (Å²) in [5.74, 6) is 0. The molecule has 0 aliphatic heterocycles. The zero-order valence-corrected chi connectivity index (χ0v) is 1.96. The molecule has 0 aliphatic rings. The SMILES string of the molecule is O.[AlH3].[AlH3].[Fe]. The van der Waals surface area contributed by atoms with Gasteiger partial charge in [-0.15, -0.1) is 0 Å². The molecule has 4 heteroatoms. The average Bonchev–Trinajstić information content (AvgIpc) is 0. The van der Waals surface area contributed by atoms with Gasteiger partial charge in [0.15, 0.2) is 34.7 Å². The Kier molecular flexibility index (Phi) is 287. The van der Waals surface area contributed by atoms with Gasteiger partial charge in [0.2, 0.25) is 0 Å². The van der Waals surface area contributed by atoms with Gasteiger partial charge in [0.25, 0.3) is 0 Å². The molecule has 0 aromatic heterocycles. The van der Waals surface area contributed by atoms with Crippen LogP contribution < -0.4 is 0 Å². The predicted octanol–water partition coefficient (Wildman–Crippen LogP) is -3.20. The van der Waals surface area contributed by atoms with E-state index in [1.807, 2.05) is 0 Å². The van der Waals surface area contributed by atoms with Crippen molar-refractivity contribution in [1.82, 2.24) is 0 Å². The third-order valence-corrected chi connectivity index (χ3v) is 0. The summed E-state index contributed by atoms with van der Waals surface area (Å²) < 4.78 is 0. The third kappa shape index (κ3) is 9.62. The zero-order valence-electron chi connectivity index (χ0n) is 0.854. The molecule has 0 amide bonds. The normalized spacial score (nSPS) is 0. The first-order valence-electron chi connectivity index (χ1n) is 0. The second-order valence-electron chi connectivity index (χ2n) is 0. The van der Waals surface area contributed by atoms with Crippen molar-refractivity contribution in [2.24, 2.45) is 0 Å². The van der Waals surface area contributed by atoms with E-state index in [9.17, 15) is 0 Å². The maximum absolute atomic E-state index is 0. The first-order valence-corrected chi connectivity index (χ1v) is 0. The molecule has 0 unspecified atom stereocenters. The summed E-state index contributed by atoms with van der Waals surface area (Å²) in [6.45, 7) is 0. The first kappa shape index (κ1) is 48.0. The van der Waals surface area contributed by atoms with E-state index in [-0.39, 0.29) is 57.3 Å². The van der Waals surface area contributed by atoms with Crippen LogP contribution in [-0.4, -0.2) is 40.2 Å². The quantitative estimate of drug-likeness (QED) is 0.312. The van der Waals surface area contributed by atoms with Crippen molar-refractivity contribution in [2.45, 2.75) is 0 Å². The van der Waals surface area contributed by atoms with Gasteiger partial charge in [0.1, 0.15) is 0 Å². The Hall–Kier alpha value is 1.54. The van der Waals surface area contributed by atoms with E-state index in [2.05, 4.69) is 0 Å². The fourth-order valence-corrected chi connectivity index (χ4v) is 0. The van der Waals surface area contributed by atoms with Crippen LogP contribution in [-0.2, 0) is 17.1 Å². The largest absolute Gasteiger partial charge is 0.412 e.